The molecule has 1 fully saturated rings. The smallest absolute Gasteiger partial charge is 0.270 e. The van der Waals surface area contributed by atoms with Gasteiger partial charge in [0.1, 0.15) is 11.5 Å². The Balaban J connectivity index is 1.63. The number of halogens is 1. The maximum atomic E-state index is 14.3. The Hall–Kier alpha value is -2.99. The lowest BCUT2D eigenvalue weighted by Gasteiger charge is -2.13. The van der Waals surface area contributed by atoms with Crippen LogP contribution < -0.4 is 10.2 Å². The highest BCUT2D eigenvalue weighted by Gasteiger charge is 2.20. The minimum atomic E-state index is -0.356. The van der Waals surface area contributed by atoms with Crippen LogP contribution in [0.5, 0.6) is 0 Å². The second kappa shape index (κ2) is 8.57. The molecule has 0 saturated carbocycles. The number of hydrogen-bond acceptors (Lipinski definition) is 2. The number of likely N-dealkylation sites (tertiary alicyclic amines) is 1. The van der Waals surface area contributed by atoms with Crippen molar-refractivity contribution in [2.24, 2.45) is 0 Å². The molecule has 1 aromatic heterocycles. The molecule has 2 aromatic carbocycles. The molecule has 2 N–H and O–H groups in total. The zero-order valence-electron chi connectivity index (χ0n) is 16.6. The van der Waals surface area contributed by atoms with Crippen LogP contribution in [0.25, 0.3) is 16.9 Å². The van der Waals surface area contributed by atoms with Gasteiger partial charge in [-0.3, -0.25) is 4.79 Å². The van der Waals surface area contributed by atoms with Crippen molar-refractivity contribution in [2.45, 2.75) is 19.8 Å². The van der Waals surface area contributed by atoms with Gasteiger partial charge in [0, 0.05) is 18.4 Å². The average Bonchev–Trinajstić information content (AvgIpc) is 3.38. The predicted octanol–water partition coefficient (Wildman–Crippen LogP) is 2.40. The first kappa shape index (κ1) is 19.3. The molecule has 4 rings (SSSR count). The molecule has 29 heavy (non-hydrogen) atoms. The predicted molar refractivity (Wildman–Crippen MR) is 111 cm³/mol. The lowest BCUT2D eigenvalue weighted by atomic mass is 10.1. The summed E-state index contributed by atoms with van der Waals surface area (Å²) in [5.41, 5.74) is 3.08. The molecule has 0 atom stereocenters. The number of hydrogen-bond donors (Lipinski definition) is 2. The van der Waals surface area contributed by atoms with Crippen molar-refractivity contribution >= 4 is 5.91 Å². The lowest BCUT2D eigenvalue weighted by molar-refractivity contribution is -0.886. The van der Waals surface area contributed by atoms with Crippen LogP contribution in [0.3, 0.4) is 0 Å². The maximum absolute atomic E-state index is 14.3. The number of quaternary nitrogens is 1. The Morgan fingerprint density at radius 1 is 1.14 bits per heavy atom. The number of carbonyl (C=O) groups excluding carboxylic acids is 1. The molecule has 0 unspecified atom stereocenters. The minimum Gasteiger partial charge on any atom is -0.345 e. The molecule has 0 spiro atoms. The van der Waals surface area contributed by atoms with Crippen LogP contribution in [0.15, 0.2) is 54.6 Å². The Morgan fingerprint density at radius 3 is 2.69 bits per heavy atom. The molecule has 0 radical (unpaired) electrons. The zero-order valence-corrected chi connectivity index (χ0v) is 16.6. The van der Waals surface area contributed by atoms with E-state index in [4.69, 9.17) is 0 Å². The molecule has 6 heteroatoms. The zero-order chi connectivity index (χ0) is 20.2. The van der Waals surface area contributed by atoms with Gasteiger partial charge in [-0.15, -0.1) is 0 Å². The number of nitrogens with one attached hydrogen (secondary N) is 2. The van der Waals surface area contributed by atoms with E-state index in [0.717, 1.165) is 17.8 Å². The van der Waals surface area contributed by atoms with Gasteiger partial charge < -0.3 is 10.2 Å². The van der Waals surface area contributed by atoms with Gasteiger partial charge in [-0.2, -0.15) is 5.10 Å². The maximum Gasteiger partial charge on any atom is 0.270 e. The van der Waals surface area contributed by atoms with Gasteiger partial charge in [-0.25, -0.2) is 9.07 Å². The van der Waals surface area contributed by atoms with Gasteiger partial charge in [0.25, 0.3) is 5.91 Å². The Labute approximate surface area is 170 Å². The van der Waals surface area contributed by atoms with E-state index >= 15 is 0 Å². The number of amides is 1. The highest BCUT2D eigenvalue weighted by Crippen LogP contribution is 2.24. The molecule has 0 bridgehead atoms. The average molecular weight is 393 g/mol. The fraction of sp³-hybridized carbons (Fsp3) is 0.304. The van der Waals surface area contributed by atoms with Crippen molar-refractivity contribution in [1.82, 2.24) is 15.1 Å². The summed E-state index contributed by atoms with van der Waals surface area (Å²) in [7, 11) is 0. The fourth-order valence-corrected chi connectivity index (χ4v) is 3.87. The van der Waals surface area contributed by atoms with Gasteiger partial charge in [0.05, 0.1) is 37.6 Å². The minimum absolute atomic E-state index is 0.194. The number of aryl methyl sites for hydroxylation is 1. The molecule has 5 nitrogen and oxygen atoms in total. The van der Waals surface area contributed by atoms with E-state index in [2.05, 4.69) is 10.4 Å². The van der Waals surface area contributed by atoms with Crippen molar-refractivity contribution < 1.29 is 14.1 Å². The van der Waals surface area contributed by atoms with E-state index < -0.39 is 0 Å². The third-order valence-electron chi connectivity index (χ3n) is 5.41. The van der Waals surface area contributed by atoms with Crippen molar-refractivity contribution in [3.63, 3.8) is 0 Å². The largest absolute Gasteiger partial charge is 0.345 e. The number of rotatable bonds is 6. The van der Waals surface area contributed by atoms with Crippen molar-refractivity contribution in [2.75, 3.05) is 26.2 Å². The second-order valence-corrected chi connectivity index (χ2v) is 7.61. The van der Waals surface area contributed by atoms with Gasteiger partial charge in [0.15, 0.2) is 0 Å². The molecule has 1 amide bonds. The number of benzene rings is 2. The van der Waals surface area contributed by atoms with E-state index in [0.29, 0.717) is 23.5 Å². The molecular formula is C23H26FN4O+. The van der Waals surface area contributed by atoms with E-state index in [-0.39, 0.29) is 11.7 Å². The molecule has 0 aliphatic carbocycles. The van der Waals surface area contributed by atoms with Crippen molar-refractivity contribution in [3.05, 3.63) is 71.7 Å². The Bertz CT molecular complexity index is 1010. The molecular weight excluding hydrogens is 367 g/mol. The molecule has 2 heterocycles. The third kappa shape index (κ3) is 4.38. The highest BCUT2D eigenvalue weighted by molar-refractivity contribution is 5.94. The highest BCUT2D eigenvalue weighted by atomic mass is 19.1. The summed E-state index contributed by atoms with van der Waals surface area (Å²) in [6.45, 7) is 5.87. The summed E-state index contributed by atoms with van der Waals surface area (Å²) in [6.07, 6.45) is 2.52. The van der Waals surface area contributed by atoms with Crippen LogP contribution in [-0.2, 0) is 0 Å². The first-order valence-electron chi connectivity index (χ1n) is 10.2. The van der Waals surface area contributed by atoms with E-state index in [1.807, 2.05) is 31.2 Å². The van der Waals surface area contributed by atoms with Crippen LogP contribution in [0.2, 0.25) is 0 Å². The topological polar surface area (TPSA) is 51.4 Å². The standard InChI is InChI=1S/C23H25FN4O/c1-17-7-6-8-18(15-17)28-22(23(29)25-11-14-27-12-4-5-13-27)16-21(26-28)19-9-2-3-10-20(19)24/h2-3,6-10,15-16H,4-5,11-14H2,1H3,(H,25,29)/p+1. The SMILES string of the molecule is Cc1cccc(-n2nc(-c3ccccc3F)cc2C(=O)NCC[NH+]2CCCC2)c1. The Morgan fingerprint density at radius 2 is 1.93 bits per heavy atom. The summed E-state index contributed by atoms with van der Waals surface area (Å²) in [6, 6.07) is 15.9. The fourth-order valence-electron chi connectivity index (χ4n) is 3.87. The van der Waals surface area contributed by atoms with Crippen LogP contribution in [0, 0.1) is 12.7 Å². The first-order valence-corrected chi connectivity index (χ1v) is 10.2. The summed E-state index contributed by atoms with van der Waals surface area (Å²) < 4.78 is 15.9. The summed E-state index contributed by atoms with van der Waals surface area (Å²) >= 11 is 0. The normalized spacial score (nSPS) is 14.3. The number of carbonyl (C=O) groups is 1. The molecule has 1 aliphatic heterocycles. The monoisotopic (exact) mass is 393 g/mol. The summed E-state index contributed by atoms with van der Waals surface area (Å²) in [5.74, 6) is -0.550. The molecule has 1 saturated heterocycles. The van der Waals surface area contributed by atoms with Crippen LogP contribution >= 0.6 is 0 Å². The summed E-state index contributed by atoms with van der Waals surface area (Å²) in [4.78, 5) is 14.5. The second-order valence-electron chi connectivity index (χ2n) is 7.61. The van der Waals surface area contributed by atoms with Crippen LogP contribution in [-0.4, -0.2) is 41.9 Å². The lowest BCUT2D eigenvalue weighted by Crippen LogP contribution is -3.10. The Kier molecular flexibility index (Phi) is 5.71. The number of nitrogens with zero attached hydrogens (tertiary/aromatic N) is 2. The molecule has 150 valence electrons. The van der Waals surface area contributed by atoms with Crippen molar-refractivity contribution in [1.29, 1.82) is 0 Å². The van der Waals surface area contributed by atoms with Gasteiger partial charge in [-0.05, 0) is 42.8 Å². The van der Waals surface area contributed by atoms with Gasteiger partial charge in [-0.1, -0.05) is 24.3 Å². The van der Waals surface area contributed by atoms with E-state index in [1.54, 1.807) is 28.9 Å². The van der Waals surface area contributed by atoms with Gasteiger partial charge >= 0.3 is 0 Å². The number of aromatic nitrogens is 2. The molecule has 3 aromatic rings. The van der Waals surface area contributed by atoms with E-state index in [9.17, 15) is 9.18 Å². The van der Waals surface area contributed by atoms with Crippen molar-refractivity contribution in [3.8, 4) is 16.9 Å². The van der Waals surface area contributed by atoms with E-state index in [1.165, 1.54) is 36.9 Å². The quantitative estimate of drug-likeness (QED) is 0.676. The van der Waals surface area contributed by atoms with Crippen LogP contribution in [0.4, 0.5) is 4.39 Å². The van der Waals surface area contributed by atoms with Gasteiger partial charge in [0.2, 0.25) is 0 Å². The first-order chi connectivity index (χ1) is 14.1. The summed E-state index contributed by atoms with van der Waals surface area (Å²) in [5, 5.41) is 7.59. The van der Waals surface area contributed by atoms with Crippen LogP contribution in [0.1, 0.15) is 28.9 Å². The molecule has 1 aliphatic rings. The third-order valence-corrected chi connectivity index (χ3v) is 5.41.